The molecule has 1 aliphatic heterocycles. The fourth-order valence-electron chi connectivity index (χ4n) is 2.53. The van der Waals surface area contributed by atoms with E-state index in [-0.39, 0.29) is 24.1 Å². The highest BCUT2D eigenvalue weighted by Gasteiger charge is 2.27. The minimum absolute atomic E-state index is 0.0504. The maximum absolute atomic E-state index is 12.4. The number of hydrogen-bond donors (Lipinski definition) is 1. The number of thioether (sulfide) groups is 1. The van der Waals surface area contributed by atoms with Crippen LogP contribution >= 0.6 is 23.1 Å². The monoisotopic (exact) mass is 393 g/mol. The third kappa shape index (κ3) is 4.64. The van der Waals surface area contributed by atoms with E-state index in [1.165, 1.54) is 23.1 Å². The van der Waals surface area contributed by atoms with Crippen molar-refractivity contribution < 1.29 is 14.3 Å². The van der Waals surface area contributed by atoms with Crippen molar-refractivity contribution in [2.24, 2.45) is 0 Å². The first-order valence-corrected chi connectivity index (χ1v) is 9.75. The molecule has 0 saturated carbocycles. The minimum Gasteiger partial charge on any atom is -0.497 e. The summed E-state index contributed by atoms with van der Waals surface area (Å²) in [6, 6.07) is 7.62. The molecule has 2 heterocycles. The Hall–Kier alpha value is -2.33. The summed E-state index contributed by atoms with van der Waals surface area (Å²) in [7, 11) is 1.62. The van der Waals surface area contributed by atoms with Crippen molar-refractivity contribution in [3.8, 4) is 5.75 Å². The van der Waals surface area contributed by atoms with Gasteiger partial charge >= 0.3 is 0 Å². The molecule has 138 valence electrons. The number of aromatic nitrogens is 2. The lowest BCUT2D eigenvalue weighted by atomic mass is 10.2. The number of ether oxygens (including phenoxy) is 1. The number of carbonyl (C=O) groups excluding carboxylic acids is 2. The van der Waals surface area contributed by atoms with E-state index in [0.717, 1.165) is 11.3 Å². The van der Waals surface area contributed by atoms with Gasteiger partial charge in [0.05, 0.1) is 19.4 Å². The van der Waals surface area contributed by atoms with E-state index < -0.39 is 0 Å². The Balaban J connectivity index is 1.49. The number of carbonyl (C=O) groups is 2. The van der Waals surface area contributed by atoms with Crippen molar-refractivity contribution in [1.29, 1.82) is 0 Å². The molecule has 8 nitrogen and oxygen atoms in total. The standard InChI is InChI=1S/C16H19N5O3S2/c1-24-12-4-2-11(3-5-12)8-20-6-7-21(9-13(20)22)14(23)10-25-16-19-18-15(17)26-16/h2-5H,6-10H2,1H3,(H2,17,18). The van der Waals surface area contributed by atoms with Gasteiger partial charge in [-0.1, -0.05) is 35.2 Å². The Morgan fingerprint density at radius 1 is 1.31 bits per heavy atom. The number of nitrogens with two attached hydrogens (primary N) is 1. The summed E-state index contributed by atoms with van der Waals surface area (Å²) in [5.74, 6) is 0.873. The summed E-state index contributed by atoms with van der Waals surface area (Å²) in [5.41, 5.74) is 6.55. The van der Waals surface area contributed by atoms with Crippen molar-refractivity contribution in [1.82, 2.24) is 20.0 Å². The van der Waals surface area contributed by atoms with Gasteiger partial charge in [-0.25, -0.2) is 0 Å². The predicted molar refractivity (Wildman–Crippen MR) is 100 cm³/mol. The topological polar surface area (TPSA) is 102 Å². The largest absolute Gasteiger partial charge is 0.497 e. The number of methoxy groups -OCH3 is 1. The molecule has 1 aliphatic rings. The number of nitrogens with zero attached hydrogens (tertiary/aromatic N) is 4. The summed E-state index contributed by atoms with van der Waals surface area (Å²) in [5, 5.41) is 7.96. The summed E-state index contributed by atoms with van der Waals surface area (Å²) in [6.07, 6.45) is 0. The smallest absolute Gasteiger partial charge is 0.242 e. The first-order chi connectivity index (χ1) is 12.5. The quantitative estimate of drug-likeness (QED) is 0.733. The van der Waals surface area contributed by atoms with Crippen molar-refractivity contribution in [3.63, 3.8) is 0 Å². The fraction of sp³-hybridized carbons (Fsp3) is 0.375. The van der Waals surface area contributed by atoms with Gasteiger partial charge in [-0.3, -0.25) is 9.59 Å². The zero-order valence-electron chi connectivity index (χ0n) is 14.3. The van der Waals surface area contributed by atoms with Gasteiger partial charge in [0, 0.05) is 19.6 Å². The van der Waals surface area contributed by atoms with Crippen molar-refractivity contribution in [3.05, 3.63) is 29.8 Å². The molecule has 0 unspecified atom stereocenters. The van der Waals surface area contributed by atoms with Crippen LogP contribution in [0.1, 0.15) is 5.56 Å². The highest BCUT2D eigenvalue weighted by molar-refractivity contribution is 8.01. The molecule has 2 amide bonds. The van der Waals surface area contributed by atoms with Crippen LogP contribution in [0.25, 0.3) is 0 Å². The van der Waals surface area contributed by atoms with Crippen LogP contribution in [-0.4, -0.2) is 64.3 Å². The number of rotatable bonds is 6. The number of amides is 2. The van der Waals surface area contributed by atoms with Gasteiger partial charge in [-0.05, 0) is 17.7 Å². The maximum atomic E-state index is 12.4. The number of anilines is 1. The van der Waals surface area contributed by atoms with Crippen LogP contribution < -0.4 is 10.5 Å². The molecular formula is C16H19N5O3S2. The Bertz CT molecular complexity index is 780. The molecular weight excluding hydrogens is 374 g/mol. The van der Waals surface area contributed by atoms with E-state index in [9.17, 15) is 9.59 Å². The van der Waals surface area contributed by atoms with Crippen molar-refractivity contribution in [2.75, 3.05) is 38.2 Å². The van der Waals surface area contributed by atoms with Gasteiger partial charge in [-0.2, -0.15) is 0 Å². The van der Waals surface area contributed by atoms with Gasteiger partial charge in [0.25, 0.3) is 0 Å². The lowest BCUT2D eigenvalue weighted by Gasteiger charge is -2.34. The summed E-state index contributed by atoms with van der Waals surface area (Å²) >= 11 is 2.53. The van der Waals surface area contributed by atoms with Gasteiger partial charge in [0.1, 0.15) is 5.75 Å². The third-order valence-electron chi connectivity index (χ3n) is 3.95. The van der Waals surface area contributed by atoms with Gasteiger partial charge in [0.2, 0.25) is 16.9 Å². The molecule has 1 aromatic heterocycles. The second kappa shape index (κ2) is 8.37. The molecule has 2 N–H and O–H groups in total. The fourth-order valence-corrected chi connectivity index (χ4v) is 4.07. The van der Waals surface area contributed by atoms with E-state index in [1.54, 1.807) is 16.9 Å². The first kappa shape index (κ1) is 18.5. The second-order valence-corrected chi connectivity index (χ2v) is 7.91. The Morgan fingerprint density at radius 2 is 2.08 bits per heavy atom. The molecule has 2 aromatic rings. The Morgan fingerprint density at radius 3 is 2.69 bits per heavy atom. The zero-order chi connectivity index (χ0) is 18.5. The summed E-state index contributed by atoms with van der Waals surface area (Å²) in [6.45, 7) is 1.68. The van der Waals surface area contributed by atoms with Crippen LogP contribution in [0, 0.1) is 0 Å². The molecule has 3 rings (SSSR count). The SMILES string of the molecule is COc1ccc(CN2CCN(C(=O)CSc3nnc(N)s3)CC2=O)cc1. The predicted octanol–water partition coefficient (Wildman–Crippen LogP) is 1.09. The molecule has 1 saturated heterocycles. The van der Waals surface area contributed by atoms with Gasteiger partial charge in [-0.15, -0.1) is 10.2 Å². The highest BCUT2D eigenvalue weighted by atomic mass is 32.2. The molecule has 10 heteroatoms. The Kier molecular flexibility index (Phi) is 5.94. The zero-order valence-corrected chi connectivity index (χ0v) is 15.9. The van der Waals surface area contributed by atoms with Crippen LogP contribution in [0.5, 0.6) is 5.75 Å². The maximum Gasteiger partial charge on any atom is 0.242 e. The second-order valence-electron chi connectivity index (χ2n) is 5.67. The lowest BCUT2D eigenvalue weighted by Crippen LogP contribution is -2.52. The van der Waals surface area contributed by atoms with E-state index in [0.29, 0.717) is 29.1 Å². The van der Waals surface area contributed by atoms with Crippen LogP contribution in [0.3, 0.4) is 0 Å². The Labute approximate surface area is 159 Å². The normalized spacial score (nSPS) is 14.6. The molecule has 0 aliphatic carbocycles. The third-order valence-corrected chi connectivity index (χ3v) is 5.82. The van der Waals surface area contributed by atoms with Crippen LogP contribution in [0.2, 0.25) is 0 Å². The molecule has 1 fully saturated rings. The van der Waals surface area contributed by atoms with Crippen LogP contribution in [-0.2, 0) is 16.1 Å². The van der Waals surface area contributed by atoms with Gasteiger partial charge < -0.3 is 20.3 Å². The average molecular weight is 393 g/mol. The van der Waals surface area contributed by atoms with E-state index in [2.05, 4.69) is 10.2 Å². The molecule has 1 aromatic carbocycles. The molecule has 0 bridgehead atoms. The summed E-state index contributed by atoms with van der Waals surface area (Å²) in [4.78, 5) is 28.0. The van der Waals surface area contributed by atoms with E-state index >= 15 is 0 Å². The molecule has 0 spiro atoms. The number of piperazine rings is 1. The number of benzene rings is 1. The van der Waals surface area contributed by atoms with E-state index in [1.807, 2.05) is 24.3 Å². The number of nitrogen functional groups attached to an aromatic ring is 1. The first-order valence-electron chi connectivity index (χ1n) is 7.95. The highest BCUT2D eigenvalue weighted by Crippen LogP contribution is 2.24. The molecule has 0 atom stereocenters. The lowest BCUT2D eigenvalue weighted by molar-refractivity contribution is -0.144. The number of hydrogen-bond acceptors (Lipinski definition) is 8. The molecule has 0 radical (unpaired) electrons. The average Bonchev–Trinajstić information content (AvgIpc) is 3.07. The van der Waals surface area contributed by atoms with Crippen molar-refractivity contribution in [2.45, 2.75) is 10.9 Å². The van der Waals surface area contributed by atoms with Gasteiger partial charge in [0.15, 0.2) is 4.34 Å². The minimum atomic E-state index is -0.0822. The van der Waals surface area contributed by atoms with Crippen LogP contribution in [0.4, 0.5) is 5.13 Å². The molecule has 26 heavy (non-hydrogen) atoms. The van der Waals surface area contributed by atoms with E-state index in [4.69, 9.17) is 10.5 Å². The van der Waals surface area contributed by atoms with Crippen LogP contribution in [0.15, 0.2) is 28.6 Å². The van der Waals surface area contributed by atoms with Crippen molar-refractivity contribution >= 4 is 40.0 Å². The summed E-state index contributed by atoms with van der Waals surface area (Å²) < 4.78 is 5.79.